The Balaban J connectivity index is 1.81. The minimum atomic E-state index is -4.00. The van der Waals surface area contributed by atoms with Crippen LogP contribution in [0.3, 0.4) is 0 Å². The smallest absolute Gasteiger partial charge is 0.309 e. The average molecular weight is 423 g/mol. The number of benzene rings is 2. The number of phenolic OH excluding ortho intramolecular Hbond substituents is 1. The number of aliphatic hydroxyl groups is 1. The number of fused-ring (bicyclic) bond motifs is 1. The number of rotatable bonds is 9. The fourth-order valence-corrected chi connectivity index (χ4v) is 4.62. The Labute approximate surface area is 167 Å². The highest BCUT2D eigenvalue weighted by Gasteiger charge is 2.34. The molecule has 1 aliphatic rings. The zero-order valence-electron chi connectivity index (χ0n) is 15.4. The molecule has 0 radical (unpaired) electrons. The number of hydrogen-bond acceptors (Lipinski definition) is 8. The second-order valence-corrected chi connectivity index (χ2v) is 8.49. The Kier molecular flexibility index (Phi) is 6.23. The predicted octanol–water partition coefficient (Wildman–Crippen LogP) is 2.00. The van der Waals surface area contributed by atoms with Crippen LogP contribution in [0.1, 0.15) is 29.0 Å². The van der Waals surface area contributed by atoms with Crippen molar-refractivity contribution in [2.24, 2.45) is 5.92 Å². The molecule has 0 saturated carbocycles. The van der Waals surface area contributed by atoms with E-state index in [4.69, 9.17) is 4.18 Å². The number of phenols is 1. The van der Waals surface area contributed by atoms with Gasteiger partial charge in [0, 0.05) is 18.1 Å². The Morgan fingerprint density at radius 3 is 2.66 bits per heavy atom. The van der Waals surface area contributed by atoms with E-state index < -0.39 is 21.0 Å². The van der Waals surface area contributed by atoms with E-state index in [1.165, 1.54) is 18.2 Å². The lowest BCUT2D eigenvalue weighted by atomic mass is 9.85. The molecule has 156 valence electrons. The van der Waals surface area contributed by atoms with Crippen molar-refractivity contribution in [2.75, 3.05) is 19.0 Å². The van der Waals surface area contributed by atoms with Crippen LogP contribution in [0.25, 0.3) is 0 Å². The second kappa shape index (κ2) is 8.66. The van der Waals surface area contributed by atoms with Crippen molar-refractivity contribution in [2.45, 2.75) is 18.8 Å². The van der Waals surface area contributed by atoms with Gasteiger partial charge in [0.05, 0.1) is 12.4 Å². The molecule has 2 aromatic rings. The van der Waals surface area contributed by atoms with Gasteiger partial charge in [0.1, 0.15) is 11.5 Å². The summed E-state index contributed by atoms with van der Waals surface area (Å²) >= 11 is 0. The lowest BCUT2D eigenvalue weighted by Crippen LogP contribution is -2.17. The molecule has 0 aliphatic heterocycles. The Morgan fingerprint density at radius 2 is 1.93 bits per heavy atom. The third kappa shape index (κ3) is 4.96. The maximum atomic E-state index is 12.1. The highest BCUT2D eigenvalue weighted by Crippen LogP contribution is 2.45. The van der Waals surface area contributed by atoms with Gasteiger partial charge in [0.25, 0.3) is 5.09 Å². The molecule has 0 heterocycles. The zero-order chi connectivity index (χ0) is 21.0. The molecule has 0 fully saturated rings. The second-order valence-electron chi connectivity index (χ2n) is 6.80. The third-order valence-corrected chi connectivity index (χ3v) is 6.11. The molecule has 2 N–H and O–H groups in total. The van der Waals surface area contributed by atoms with E-state index in [1.54, 1.807) is 0 Å². The van der Waals surface area contributed by atoms with Crippen molar-refractivity contribution < 1.29 is 32.7 Å². The van der Waals surface area contributed by atoms with E-state index in [-0.39, 0.29) is 43.0 Å². The van der Waals surface area contributed by atoms with Crippen molar-refractivity contribution in [1.82, 2.24) is 0 Å². The lowest BCUT2D eigenvalue weighted by Gasteiger charge is -2.21. The van der Waals surface area contributed by atoms with Crippen LogP contribution in [0.2, 0.25) is 0 Å². The van der Waals surface area contributed by atoms with Gasteiger partial charge in [0.2, 0.25) is 0 Å². The highest BCUT2D eigenvalue weighted by molar-refractivity contribution is 7.87. The van der Waals surface area contributed by atoms with E-state index in [2.05, 4.69) is 4.84 Å². The molecule has 1 unspecified atom stereocenters. The molecule has 2 atom stereocenters. The van der Waals surface area contributed by atoms with Crippen LogP contribution < -0.4 is 4.18 Å². The van der Waals surface area contributed by atoms with Crippen LogP contribution in [0.15, 0.2) is 42.5 Å². The molecule has 9 nitrogen and oxygen atoms in total. The van der Waals surface area contributed by atoms with E-state index in [0.29, 0.717) is 12.0 Å². The van der Waals surface area contributed by atoms with Crippen LogP contribution in [-0.4, -0.2) is 42.7 Å². The summed E-state index contributed by atoms with van der Waals surface area (Å²) in [5, 5.41) is 29.3. The predicted molar refractivity (Wildman–Crippen MR) is 103 cm³/mol. The van der Waals surface area contributed by atoms with Crippen molar-refractivity contribution in [3.05, 3.63) is 69.3 Å². The summed E-state index contributed by atoms with van der Waals surface area (Å²) in [6, 6.07) is 11.8. The topological polar surface area (TPSA) is 136 Å². The maximum absolute atomic E-state index is 12.1. The largest absolute Gasteiger partial charge is 0.508 e. The lowest BCUT2D eigenvalue weighted by molar-refractivity contribution is -0.757. The first-order chi connectivity index (χ1) is 13.8. The van der Waals surface area contributed by atoms with E-state index in [0.717, 1.165) is 11.1 Å². The SMILES string of the molecule is O=[N+]([O-])OCCCS(=O)(=O)Oc1ccc(O)c(C2c3ccccc3C[C@@H]2CO)c1. The van der Waals surface area contributed by atoms with E-state index >= 15 is 0 Å². The molecule has 1 aliphatic carbocycles. The first-order valence-electron chi connectivity index (χ1n) is 9.02. The average Bonchev–Trinajstić information content (AvgIpc) is 3.05. The van der Waals surface area contributed by atoms with Crippen molar-refractivity contribution in [3.63, 3.8) is 0 Å². The van der Waals surface area contributed by atoms with Crippen LogP contribution in [0, 0.1) is 16.0 Å². The first kappa shape index (κ1) is 20.9. The van der Waals surface area contributed by atoms with Gasteiger partial charge in [-0.05, 0) is 48.1 Å². The minimum Gasteiger partial charge on any atom is -0.508 e. The van der Waals surface area contributed by atoms with E-state index in [9.17, 15) is 28.7 Å². The summed E-state index contributed by atoms with van der Waals surface area (Å²) in [5.74, 6) is -0.897. The summed E-state index contributed by atoms with van der Waals surface area (Å²) in [4.78, 5) is 14.2. The molecule has 0 aromatic heterocycles. The Bertz CT molecular complexity index is 991. The van der Waals surface area contributed by atoms with Crippen molar-refractivity contribution in [3.8, 4) is 11.5 Å². The minimum absolute atomic E-state index is 0.0192. The number of aliphatic hydroxyl groups excluding tert-OH is 1. The summed E-state index contributed by atoms with van der Waals surface area (Å²) in [7, 11) is -4.00. The molecular weight excluding hydrogens is 402 g/mol. The van der Waals surface area contributed by atoms with Gasteiger partial charge in [0.15, 0.2) is 0 Å². The van der Waals surface area contributed by atoms with Gasteiger partial charge in [-0.3, -0.25) is 0 Å². The monoisotopic (exact) mass is 423 g/mol. The van der Waals surface area contributed by atoms with Gasteiger partial charge >= 0.3 is 10.1 Å². The van der Waals surface area contributed by atoms with Gasteiger partial charge in [-0.1, -0.05) is 24.3 Å². The molecule has 0 saturated heterocycles. The molecule has 0 amide bonds. The molecule has 29 heavy (non-hydrogen) atoms. The van der Waals surface area contributed by atoms with Gasteiger partial charge in [-0.25, -0.2) is 0 Å². The maximum Gasteiger partial charge on any atom is 0.309 e. The standard InChI is InChI=1S/C19H21NO8S/c21-12-14-10-13-4-1-2-5-16(13)19(14)17-11-15(6-7-18(17)22)28-29(25,26)9-3-8-27-20(23)24/h1-2,4-7,11,14,19,21-22H,3,8-10,12H2/t14-,19?/m1/s1. The molecule has 10 heteroatoms. The van der Waals surface area contributed by atoms with Crippen molar-refractivity contribution >= 4 is 10.1 Å². The van der Waals surface area contributed by atoms with Gasteiger partial charge in [-0.2, -0.15) is 8.42 Å². The van der Waals surface area contributed by atoms with Crippen LogP contribution in [-0.2, 0) is 21.4 Å². The third-order valence-electron chi connectivity index (χ3n) is 4.87. The molecule has 0 bridgehead atoms. The van der Waals surface area contributed by atoms with E-state index in [1.807, 2.05) is 24.3 Å². The summed E-state index contributed by atoms with van der Waals surface area (Å²) in [6.07, 6.45) is 0.549. The number of nitrogens with zero attached hydrogens (tertiary/aromatic N) is 1. The molecular formula is C19H21NO8S. The Morgan fingerprint density at radius 1 is 1.17 bits per heavy atom. The van der Waals surface area contributed by atoms with Crippen LogP contribution in [0.5, 0.6) is 11.5 Å². The Hall–Kier alpha value is -2.85. The number of hydrogen-bond donors (Lipinski definition) is 2. The normalized spacial score (nSPS) is 18.2. The van der Waals surface area contributed by atoms with Crippen LogP contribution >= 0.6 is 0 Å². The van der Waals surface area contributed by atoms with Crippen LogP contribution in [0.4, 0.5) is 0 Å². The summed E-state index contributed by atoms with van der Waals surface area (Å²) < 4.78 is 29.4. The number of aromatic hydroxyl groups is 1. The zero-order valence-corrected chi connectivity index (χ0v) is 16.2. The quantitative estimate of drug-likeness (QED) is 0.270. The highest BCUT2D eigenvalue weighted by atomic mass is 32.2. The van der Waals surface area contributed by atoms with Gasteiger partial charge < -0.3 is 19.2 Å². The first-order valence-corrected chi connectivity index (χ1v) is 10.6. The summed E-state index contributed by atoms with van der Waals surface area (Å²) in [5.41, 5.74) is 2.51. The van der Waals surface area contributed by atoms with Crippen molar-refractivity contribution in [1.29, 1.82) is 0 Å². The summed E-state index contributed by atoms with van der Waals surface area (Å²) in [6.45, 7) is -0.438. The molecule has 2 aromatic carbocycles. The fourth-order valence-electron chi connectivity index (χ4n) is 3.67. The van der Waals surface area contributed by atoms with Gasteiger partial charge in [-0.15, -0.1) is 10.1 Å². The molecule has 0 spiro atoms. The molecule has 3 rings (SSSR count). The fraction of sp³-hybridized carbons (Fsp3) is 0.368.